The van der Waals surface area contributed by atoms with Crippen LogP contribution in [0.4, 0.5) is 0 Å². The molecule has 0 saturated carbocycles. The van der Waals surface area contributed by atoms with Crippen molar-refractivity contribution in [1.29, 1.82) is 0 Å². The van der Waals surface area contributed by atoms with Crippen LogP contribution in [0.1, 0.15) is 34.1 Å². The minimum absolute atomic E-state index is 0.265. The molecule has 1 rings (SSSR count). The molecule has 1 aliphatic heterocycles. The average molecular weight is 215 g/mol. The number of hydrogen-bond donors (Lipinski definition) is 1. The van der Waals surface area contributed by atoms with Gasteiger partial charge in [-0.2, -0.15) is 0 Å². The average Bonchev–Trinajstić information content (AvgIpc) is 2.20. The van der Waals surface area contributed by atoms with Crippen LogP contribution >= 0.6 is 0 Å². The van der Waals surface area contributed by atoms with E-state index >= 15 is 0 Å². The fourth-order valence-electron chi connectivity index (χ4n) is 1.58. The molecule has 15 heavy (non-hydrogen) atoms. The molecule has 1 aliphatic rings. The lowest BCUT2D eigenvalue weighted by Crippen LogP contribution is -2.44. The summed E-state index contributed by atoms with van der Waals surface area (Å²) in [4.78, 5) is 0. The maximum atomic E-state index is 5.61. The molecule has 90 valence electrons. The Kier molecular flexibility index (Phi) is 5.03. The van der Waals surface area contributed by atoms with Crippen LogP contribution in [0.2, 0.25) is 0 Å². The first-order chi connectivity index (χ1) is 7.07. The molecule has 2 atom stereocenters. The zero-order chi connectivity index (χ0) is 11.3. The maximum absolute atomic E-state index is 5.61. The van der Waals surface area contributed by atoms with E-state index in [4.69, 9.17) is 9.47 Å². The summed E-state index contributed by atoms with van der Waals surface area (Å²) < 4.78 is 10.8. The van der Waals surface area contributed by atoms with Gasteiger partial charge in [0.2, 0.25) is 0 Å². The van der Waals surface area contributed by atoms with E-state index in [9.17, 15) is 0 Å². The zero-order valence-electron chi connectivity index (χ0n) is 10.5. The van der Waals surface area contributed by atoms with Gasteiger partial charge in [0.1, 0.15) is 0 Å². The van der Waals surface area contributed by atoms with Crippen LogP contribution in [0, 0.1) is 11.3 Å². The SMILES string of the molecule is CCC(C)C(C)NCOCC1(C)COC1. The third-order valence-corrected chi connectivity index (χ3v) is 3.36. The molecule has 2 unspecified atom stereocenters. The van der Waals surface area contributed by atoms with Gasteiger partial charge in [0.05, 0.1) is 26.6 Å². The van der Waals surface area contributed by atoms with Crippen molar-refractivity contribution >= 4 is 0 Å². The second-order valence-electron chi connectivity index (χ2n) is 5.17. The summed E-state index contributed by atoms with van der Waals surface area (Å²) in [7, 11) is 0. The van der Waals surface area contributed by atoms with Crippen LogP contribution in [-0.4, -0.2) is 32.6 Å². The number of rotatable bonds is 7. The molecule has 0 radical (unpaired) electrons. The van der Waals surface area contributed by atoms with E-state index in [1.807, 2.05) is 0 Å². The van der Waals surface area contributed by atoms with E-state index in [0.717, 1.165) is 19.8 Å². The van der Waals surface area contributed by atoms with Gasteiger partial charge in [0.25, 0.3) is 0 Å². The second kappa shape index (κ2) is 5.83. The Morgan fingerprint density at radius 2 is 2.07 bits per heavy atom. The molecular formula is C12H25NO2. The predicted octanol–water partition coefficient (Wildman–Crippen LogP) is 2.02. The molecule has 0 aliphatic carbocycles. The van der Waals surface area contributed by atoms with Crippen LogP contribution < -0.4 is 5.32 Å². The Morgan fingerprint density at radius 1 is 1.40 bits per heavy atom. The molecule has 1 saturated heterocycles. The lowest BCUT2D eigenvalue weighted by molar-refractivity contribution is -0.139. The first kappa shape index (κ1) is 12.9. The van der Waals surface area contributed by atoms with E-state index in [2.05, 4.69) is 33.0 Å². The number of nitrogens with one attached hydrogen (secondary N) is 1. The molecule has 0 amide bonds. The lowest BCUT2D eigenvalue weighted by atomic mass is 9.90. The van der Waals surface area contributed by atoms with Crippen molar-refractivity contribution in [2.45, 2.75) is 40.2 Å². The molecule has 1 N–H and O–H groups in total. The third kappa shape index (κ3) is 4.09. The van der Waals surface area contributed by atoms with Crippen molar-refractivity contribution in [1.82, 2.24) is 5.32 Å². The van der Waals surface area contributed by atoms with E-state index < -0.39 is 0 Å². The molecule has 0 aromatic rings. The van der Waals surface area contributed by atoms with Gasteiger partial charge in [0.15, 0.2) is 0 Å². The smallest absolute Gasteiger partial charge is 0.0967 e. The van der Waals surface area contributed by atoms with Crippen molar-refractivity contribution in [2.75, 3.05) is 26.6 Å². The molecular weight excluding hydrogens is 190 g/mol. The zero-order valence-corrected chi connectivity index (χ0v) is 10.5. The highest BCUT2D eigenvalue weighted by molar-refractivity contribution is 4.80. The largest absolute Gasteiger partial charge is 0.380 e. The van der Waals surface area contributed by atoms with E-state index in [0.29, 0.717) is 18.7 Å². The molecule has 0 bridgehead atoms. The van der Waals surface area contributed by atoms with Crippen molar-refractivity contribution < 1.29 is 9.47 Å². The molecule has 3 heteroatoms. The van der Waals surface area contributed by atoms with Gasteiger partial charge in [-0.3, -0.25) is 5.32 Å². The van der Waals surface area contributed by atoms with Gasteiger partial charge >= 0.3 is 0 Å². The quantitative estimate of drug-likeness (QED) is 0.520. The monoisotopic (exact) mass is 215 g/mol. The highest BCUT2D eigenvalue weighted by atomic mass is 16.5. The Balaban J connectivity index is 2.01. The van der Waals surface area contributed by atoms with E-state index in [1.165, 1.54) is 6.42 Å². The molecule has 0 aromatic heterocycles. The standard InChI is InChI=1S/C12H25NO2/c1-5-10(2)11(3)13-9-15-8-12(4)6-14-7-12/h10-11,13H,5-9H2,1-4H3. The minimum Gasteiger partial charge on any atom is -0.380 e. The first-order valence-corrected chi connectivity index (χ1v) is 5.96. The summed E-state index contributed by atoms with van der Waals surface area (Å²) in [6, 6.07) is 0.528. The summed E-state index contributed by atoms with van der Waals surface area (Å²) in [6.45, 7) is 12.0. The number of hydrogen-bond acceptors (Lipinski definition) is 3. The Hall–Kier alpha value is -0.120. The molecule has 1 heterocycles. The predicted molar refractivity (Wildman–Crippen MR) is 61.8 cm³/mol. The summed E-state index contributed by atoms with van der Waals surface area (Å²) in [5.74, 6) is 0.705. The Morgan fingerprint density at radius 3 is 2.53 bits per heavy atom. The van der Waals surface area contributed by atoms with Gasteiger partial charge < -0.3 is 9.47 Å². The molecule has 3 nitrogen and oxygen atoms in total. The minimum atomic E-state index is 0.265. The van der Waals surface area contributed by atoms with Crippen LogP contribution in [0.15, 0.2) is 0 Å². The van der Waals surface area contributed by atoms with E-state index in [1.54, 1.807) is 0 Å². The fraction of sp³-hybridized carbons (Fsp3) is 1.00. The van der Waals surface area contributed by atoms with Crippen LogP contribution in [0.25, 0.3) is 0 Å². The van der Waals surface area contributed by atoms with Crippen LogP contribution in [0.3, 0.4) is 0 Å². The summed E-state index contributed by atoms with van der Waals surface area (Å²) >= 11 is 0. The number of ether oxygens (including phenoxy) is 2. The normalized spacial score (nSPS) is 23.2. The highest BCUT2D eigenvalue weighted by Gasteiger charge is 2.33. The van der Waals surface area contributed by atoms with Crippen LogP contribution in [-0.2, 0) is 9.47 Å². The van der Waals surface area contributed by atoms with Gasteiger partial charge in [-0.1, -0.05) is 27.2 Å². The van der Waals surface area contributed by atoms with Gasteiger partial charge in [-0.15, -0.1) is 0 Å². The van der Waals surface area contributed by atoms with Crippen molar-refractivity contribution in [3.63, 3.8) is 0 Å². The van der Waals surface area contributed by atoms with Crippen molar-refractivity contribution in [3.05, 3.63) is 0 Å². The molecule has 0 spiro atoms. The van der Waals surface area contributed by atoms with Gasteiger partial charge in [0, 0.05) is 11.5 Å². The van der Waals surface area contributed by atoms with Gasteiger partial charge in [-0.05, 0) is 12.8 Å². The summed E-state index contributed by atoms with van der Waals surface area (Å²) in [5.41, 5.74) is 0.265. The van der Waals surface area contributed by atoms with Crippen LogP contribution in [0.5, 0.6) is 0 Å². The first-order valence-electron chi connectivity index (χ1n) is 5.96. The summed E-state index contributed by atoms with van der Waals surface area (Å²) in [5, 5.41) is 3.39. The van der Waals surface area contributed by atoms with Crippen molar-refractivity contribution in [2.24, 2.45) is 11.3 Å². The topological polar surface area (TPSA) is 30.5 Å². The third-order valence-electron chi connectivity index (χ3n) is 3.36. The molecule has 1 fully saturated rings. The lowest BCUT2D eigenvalue weighted by Gasteiger charge is -2.37. The Bertz CT molecular complexity index is 180. The second-order valence-corrected chi connectivity index (χ2v) is 5.17. The van der Waals surface area contributed by atoms with Crippen molar-refractivity contribution in [3.8, 4) is 0 Å². The van der Waals surface area contributed by atoms with E-state index in [-0.39, 0.29) is 5.41 Å². The summed E-state index contributed by atoms with van der Waals surface area (Å²) in [6.07, 6.45) is 1.21. The maximum Gasteiger partial charge on any atom is 0.0967 e. The fourth-order valence-corrected chi connectivity index (χ4v) is 1.58. The highest BCUT2D eigenvalue weighted by Crippen LogP contribution is 2.26. The molecule has 0 aromatic carbocycles. The van der Waals surface area contributed by atoms with Gasteiger partial charge in [-0.25, -0.2) is 0 Å². The Labute approximate surface area is 93.5 Å².